The summed E-state index contributed by atoms with van der Waals surface area (Å²) in [6.07, 6.45) is 0. The van der Waals surface area contributed by atoms with Gasteiger partial charge in [-0.3, -0.25) is 14.5 Å². The summed E-state index contributed by atoms with van der Waals surface area (Å²) in [5, 5.41) is 2.45. The number of alkyl halides is 2. The zero-order chi connectivity index (χ0) is 16.5. The molecule has 7 nitrogen and oxygen atoms in total. The standard InChI is InChI=1S/C13H13F2N3O4/c1-13(7-2-4-8(5-3-7)22-11(14)15)10(20)18(6-9(16)19)12(21)17-13/h2-5,11H,6H2,1H3,(H2,16,19)(H,17,21)/t13-/m0/s1. The second-order valence-electron chi connectivity index (χ2n) is 4.82. The van der Waals surface area contributed by atoms with Crippen LogP contribution in [0.1, 0.15) is 12.5 Å². The van der Waals surface area contributed by atoms with Gasteiger partial charge in [0, 0.05) is 0 Å². The van der Waals surface area contributed by atoms with Crippen molar-refractivity contribution in [2.75, 3.05) is 6.54 Å². The summed E-state index contributed by atoms with van der Waals surface area (Å²) in [5.41, 5.74) is 3.94. The van der Waals surface area contributed by atoms with Crippen LogP contribution >= 0.6 is 0 Å². The van der Waals surface area contributed by atoms with Crippen molar-refractivity contribution in [3.63, 3.8) is 0 Å². The first-order chi connectivity index (χ1) is 10.2. The van der Waals surface area contributed by atoms with Crippen LogP contribution in [-0.2, 0) is 15.1 Å². The second kappa shape index (κ2) is 5.58. The van der Waals surface area contributed by atoms with Crippen molar-refractivity contribution in [3.8, 4) is 5.75 Å². The zero-order valence-electron chi connectivity index (χ0n) is 11.5. The van der Waals surface area contributed by atoms with E-state index in [9.17, 15) is 23.2 Å². The minimum Gasteiger partial charge on any atom is -0.435 e. The minimum atomic E-state index is -2.96. The number of benzene rings is 1. The van der Waals surface area contributed by atoms with Crippen LogP contribution in [0.15, 0.2) is 24.3 Å². The molecule has 118 valence electrons. The van der Waals surface area contributed by atoms with Gasteiger partial charge in [0.15, 0.2) is 0 Å². The predicted octanol–water partition coefficient (Wildman–Crippen LogP) is 0.540. The summed E-state index contributed by atoms with van der Waals surface area (Å²) < 4.78 is 28.4. The summed E-state index contributed by atoms with van der Waals surface area (Å²) in [6, 6.07) is 4.51. The smallest absolute Gasteiger partial charge is 0.387 e. The van der Waals surface area contributed by atoms with Gasteiger partial charge in [0.25, 0.3) is 5.91 Å². The summed E-state index contributed by atoms with van der Waals surface area (Å²) in [6.45, 7) is -2.05. The Balaban J connectivity index is 2.25. The van der Waals surface area contributed by atoms with Crippen molar-refractivity contribution in [3.05, 3.63) is 29.8 Å². The third-order valence-electron chi connectivity index (χ3n) is 3.25. The molecule has 1 aliphatic rings. The van der Waals surface area contributed by atoms with Gasteiger partial charge < -0.3 is 15.8 Å². The zero-order valence-corrected chi connectivity index (χ0v) is 11.5. The van der Waals surface area contributed by atoms with Crippen LogP contribution < -0.4 is 15.8 Å². The maximum atomic E-state index is 12.3. The molecule has 1 atom stereocenters. The van der Waals surface area contributed by atoms with E-state index in [-0.39, 0.29) is 5.75 Å². The fourth-order valence-electron chi connectivity index (χ4n) is 2.16. The third kappa shape index (κ3) is 2.83. The molecule has 0 saturated carbocycles. The topological polar surface area (TPSA) is 102 Å². The van der Waals surface area contributed by atoms with E-state index in [2.05, 4.69) is 10.1 Å². The van der Waals surface area contributed by atoms with E-state index in [0.29, 0.717) is 10.5 Å². The summed E-state index contributed by atoms with van der Waals surface area (Å²) in [5.74, 6) is -1.56. The lowest BCUT2D eigenvalue weighted by molar-refractivity contribution is -0.134. The first kappa shape index (κ1) is 15.7. The van der Waals surface area contributed by atoms with Gasteiger partial charge in [-0.15, -0.1) is 0 Å². The lowest BCUT2D eigenvalue weighted by Crippen LogP contribution is -2.42. The van der Waals surface area contributed by atoms with Crippen LogP contribution in [0.2, 0.25) is 0 Å². The van der Waals surface area contributed by atoms with Gasteiger partial charge in [-0.2, -0.15) is 8.78 Å². The Bertz CT molecular complexity index is 620. The molecule has 0 radical (unpaired) electrons. The second-order valence-corrected chi connectivity index (χ2v) is 4.82. The monoisotopic (exact) mass is 313 g/mol. The maximum Gasteiger partial charge on any atom is 0.387 e. The van der Waals surface area contributed by atoms with E-state index in [1.807, 2.05) is 0 Å². The highest BCUT2D eigenvalue weighted by Crippen LogP contribution is 2.30. The number of nitrogens with zero attached hydrogens (tertiary/aromatic N) is 1. The van der Waals surface area contributed by atoms with Crippen molar-refractivity contribution >= 4 is 17.8 Å². The van der Waals surface area contributed by atoms with E-state index in [1.165, 1.54) is 31.2 Å². The quantitative estimate of drug-likeness (QED) is 0.775. The average molecular weight is 313 g/mol. The number of halogens is 2. The van der Waals surface area contributed by atoms with Gasteiger partial charge in [0.2, 0.25) is 5.91 Å². The molecule has 1 aromatic carbocycles. The number of nitrogens with one attached hydrogen (secondary N) is 1. The fraction of sp³-hybridized carbons (Fsp3) is 0.308. The highest BCUT2D eigenvalue weighted by Gasteiger charge is 2.49. The number of hydrogen-bond donors (Lipinski definition) is 2. The lowest BCUT2D eigenvalue weighted by atomic mass is 9.92. The summed E-state index contributed by atoms with van der Waals surface area (Å²) in [4.78, 5) is 35.7. The molecule has 1 fully saturated rings. The molecule has 1 heterocycles. The normalized spacial score (nSPS) is 21.2. The van der Waals surface area contributed by atoms with E-state index in [0.717, 1.165) is 0 Å². The molecule has 0 unspecified atom stereocenters. The predicted molar refractivity (Wildman–Crippen MR) is 69.9 cm³/mol. The molecule has 0 aromatic heterocycles. The summed E-state index contributed by atoms with van der Waals surface area (Å²) >= 11 is 0. The number of amides is 4. The first-order valence-electron chi connectivity index (χ1n) is 6.22. The van der Waals surface area contributed by atoms with Gasteiger partial charge in [0.05, 0.1) is 0 Å². The SMILES string of the molecule is C[C@@]1(c2ccc(OC(F)F)cc2)NC(=O)N(CC(N)=O)C1=O. The number of hydrogen-bond acceptors (Lipinski definition) is 4. The lowest BCUT2D eigenvalue weighted by Gasteiger charge is -2.22. The van der Waals surface area contributed by atoms with Crippen LogP contribution in [0.5, 0.6) is 5.75 Å². The van der Waals surface area contributed by atoms with Gasteiger partial charge in [-0.05, 0) is 24.6 Å². The number of primary amides is 1. The molecule has 0 spiro atoms. The molecule has 0 aliphatic carbocycles. The van der Waals surface area contributed by atoms with Crippen molar-refractivity contribution in [1.29, 1.82) is 0 Å². The molecular weight excluding hydrogens is 300 g/mol. The minimum absolute atomic E-state index is 0.0758. The Kier molecular flexibility index (Phi) is 3.98. The molecule has 3 N–H and O–H groups in total. The Morgan fingerprint density at radius 1 is 1.36 bits per heavy atom. The number of imide groups is 1. The Morgan fingerprint density at radius 3 is 2.45 bits per heavy atom. The van der Waals surface area contributed by atoms with Crippen LogP contribution in [0.4, 0.5) is 13.6 Å². The molecular formula is C13H13F2N3O4. The highest BCUT2D eigenvalue weighted by molar-refractivity contribution is 6.09. The number of carbonyl (C=O) groups is 3. The van der Waals surface area contributed by atoms with Gasteiger partial charge >= 0.3 is 12.6 Å². The van der Waals surface area contributed by atoms with Crippen LogP contribution in [-0.4, -0.2) is 35.9 Å². The molecule has 1 saturated heterocycles. The van der Waals surface area contributed by atoms with E-state index in [1.54, 1.807) is 0 Å². The molecule has 1 aromatic rings. The van der Waals surface area contributed by atoms with Gasteiger partial charge in [-0.1, -0.05) is 12.1 Å². The number of carbonyl (C=O) groups excluding carboxylic acids is 3. The van der Waals surface area contributed by atoms with Crippen LogP contribution in [0.3, 0.4) is 0 Å². The largest absolute Gasteiger partial charge is 0.435 e. The molecule has 9 heteroatoms. The van der Waals surface area contributed by atoms with Crippen molar-refractivity contribution in [2.45, 2.75) is 19.1 Å². The average Bonchev–Trinajstić information content (AvgIpc) is 2.63. The molecule has 0 bridgehead atoms. The van der Waals surface area contributed by atoms with Crippen molar-refractivity contribution in [2.24, 2.45) is 5.73 Å². The van der Waals surface area contributed by atoms with E-state index in [4.69, 9.17) is 5.73 Å². The molecule has 1 aliphatic heterocycles. The van der Waals surface area contributed by atoms with Gasteiger partial charge in [-0.25, -0.2) is 4.79 Å². The number of urea groups is 1. The van der Waals surface area contributed by atoms with Crippen LogP contribution in [0, 0.1) is 0 Å². The number of ether oxygens (including phenoxy) is 1. The van der Waals surface area contributed by atoms with Gasteiger partial charge in [0.1, 0.15) is 17.8 Å². The van der Waals surface area contributed by atoms with E-state index >= 15 is 0 Å². The van der Waals surface area contributed by atoms with Crippen molar-refractivity contribution in [1.82, 2.24) is 10.2 Å². The maximum absolute atomic E-state index is 12.3. The molecule has 2 rings (SSSR count). The number of rotatable bonds is 5. The fourth-order valence-corrected chi connectivity index (χ4v) is 2.16. The van der Waals surface area contributed by atoms with Crippen LogP contribution in [0.25, 0.3) is 0 Å². The number of nitrogens with two attached hydrogens (primary N) is 1. The first-order valence-corrected chi connectivity index (χ1v) is 6.22. The Labute approximate surface area is 124 Å². The molecule has 22 heavy (non-hydrogen) atoms. The summed E-state index contributed by atoms with van der Waals surface area (Å²) in [7, 11) is 0. The Morgan fingerprint density at radius 2 is 1.95 bits per heavy atom. The van der Waals surface area contributed by atoms with Crippen molar-refractivity contribution < 1.29 is 27.9 Å². The van der Waals surface area contributed by atoms with E-state index < -0.39 is 36.5 Å². The molecule has 4 amide bonds. The Hall–Kier alpha value is -2.71. The highest BCUT2D eigenvalue weighted by atomic mass is 19.3. The third-order valence-corrected chi connectivity index (χ3v) is 3.25.